The number of hydrogen-bond acceptors (Lipinski definition) is 2. The van der Waals surface area contributed by atoms with Gasteiger partial charge in [-0.05, 0) is 36.1 Å². The highest BCUT2D eigenvalue weighted by Crippen LogP contribution is 2.17. The molecular formula is C18H24N2. The van der Waals surface area contributed by atoms with Crippen molar-refractivity contribution in [2.75, 3.05) is 11.9 Å². The molecule has 1 atom stereocenters. The molecule has 1 unspecified atom stereocenters. The number of benzene rings is 2. The average Bonchev–Trinajstić information content (AvgIpc) is 2.49. The first-order valence-corrected chi connectivity index (χ1v) is 7.28. The van der Waals surface area contributed by atoms with Crippen LogP contribution in [0.3, 0.4) is 0 Å². The summed E-state index contributed by atoms with van der Waals surface area (Å²) >= 11 is 0. The fourth-order valence-electron chi connectivity index (χ4n) is 2.28. The van der Waals surface area contributed by atoms with E-state index < -0.39 is 0 Å². The Labute approximate surface area is 122 Å². The molecule has 2 nitrogen and oxygen atoms in total. The lowest BCUT2D eigenvalue weighted by molar-refractivity contribution is 0.646. The highest BCUT2D eigenvalue weighted by atomic mass is 15.1. The van der Waals surface area contributed by atoms with Crippen LogP contribution in [-0.2, 0) is 13.0 Å². The Morgan fingerprint density at radius 3 is 2.20 bits per heavy atom. The van der Waals surface area contributed by atoms with Gasteiger partial charge in [-0.1, -0.05) is 49.4 Å². The Bertz CT molecular complexity index is 505. The van der Waals surface area contributed by atoms with Crippen LogP contribution in [-0.4, -0.2) is 13.1 Å². The van der Waals surface area contributed by atoms with E-state index in [-0.39, 0.29) is 6.04 Å². The minimum absolute atomic E-state index is 0.267. The van der Waals surface area contributed by atoms with Gasteiger partial charge in [0.1, 0.15) is 0 Å². The summed E-state index contributed by atoms with van der Waals surface area (Å²) in [4.78, 5) is 2.26. The molecule has 0 fully saturated rings. The number of rotatable bonds is 6. The third-order valence-corrected chi connectivity index (χ3v) is 3.66. The van der Waals surface area contributed by atoms with Gasteiger partial charge in [-0.3, -0.25) is 0 Å². The monoisotopic (exact) mass is 268 g/mol. The molecule has 0 radical (unpaired) electrons. The third-order valence-electron chi connectivity index (χ3n) is 3.66. The lowest BCUT2D eigenvalue weighted by atomic mass is 10.0. The van der Waals surface area contributed by atoms with Gasteiger partial charge in [-0.2, -0.15) is 0 Å². The first kappa shape index (κ1) is 14.6. The first-order chi connectivity index (χ1) is 9.69. The fourth-order valence-corrected chi connectivity index (χ4v) is 2.28. The summed E-state index contributed by atoms with van der Waals surface area (Å²) in [6.07, 6.45) is 1.98. The predicted octanol–water partition coefficient (Wildman–Crippen LogP) is 3.60. The molecule has 0 aliphatic heterocycles. The summed E-state index contributed by atoms with van der Waals surface area (Å²) in [6.45, 7) is 3.06. The summed E-state index contributed by atoms with van der Waals surface area (Å²) in [5.74, 6) is 0. The maximum atomic E-state index is 5.99. The van der Waals surface area contributed by atoms with Crippen molar-refractivity contribution in [1.82, 2.24) is 0 Å². The molecule has 2 N–H and O–H groups in total. The molecule has 0 saturated heterocycles. The smallest absolute Gasteiger partial charge is 0.0426 e. The SMILES string of the molecule is CCC(N)Cc1ccc(N(C)Cc2ccccc2)cc1. The molecule has 0 heterocycles. The van der Waals surface area contributed by atoms with E-state index >= 15 is 0 Å². The van der Waals surface area contributed by atoms with Gasteiger partial charge in [0.05, 0.1) is 0 Å². The van der Waals surface area contributed by atoms with Gasteiger partial charge in [-0.15, -0.1) is 0 Å². The molecule has 0 spiro atoms. The van der Waals surface area contributed by atoms with Crippen LogP contribution in [0.4, 0.5) is 5.69 Å². The summed E-state index contributed by atoms with van der Waals surface area (Å²) in [5, 5.41) is 0. The number of hydrogen-bond donors (Lipinski definition) is 1. The lowest BCUT2D eigenvalue weighted by Gasteiger charge is -2.20. The maximum Gasteiger partial charge on any atom is 0.0426 e. The van der Waals surface area contributed by atoms with E-state index in [0.29, 0.717) is 0 Å². The van der Waals surface area contributed by atoms with Gasteiger partial charge in [0.25, 0.3) is 0 Å². The van der Waals surface area contributed by atoms with E-state index in [9.17, 15) is 0 Å². The molecule has 2 heteroatoms. The maximum absolute atomic E-state index is 5.99. The van der Waals surface area contributed by atoms with Crippen molar-refractivity contribution in [2.45, 2.75) is 32.4 Å². The van der Waals surface area contributed by atoms with Gasteiger partial charge in [-0.25, -0.2) is 0 Å². The van der Waals surface area contributed by atoms with E-state index in [1.807, 2.05) is 0 Å². The van der Waals surface area contributed by atoms with Crippen molar-refractivity contribution in [2.24, 2.45) is 5.73 Å². The average molecular weight is 268 g/mol. The second-order valence-electron chi connectivity index (χ2n) is 5.38. The van der Waals surface area contributed by atoms with E-state index in [2.05, 4.69) is 73.5 Å². The van der Waals surface area contributed by atoms with Gasteiger partial charge < -0.3 is 10.6 Å². The van der Waals surface area contributed by atoms with Gasteiger partial charge in [0.2, 0.25) is 0 Å². The van der Waals surface area contributed by atoms with Crippen LogP contribution in [0, 0.1) is 0 Å². The molecular weight excluding hydrogens is 244 g/mol. The van der Waals surface area contributed by atoms with Crippen LogP contribution >= 0.6 is 0 Å². The minimum Gasteiger partial charge on any atom is -0.370 e. The molecule has 2 aromatic carbocycles. The predicted molar refractivity (Wildman–Crippen MR) is 87.0 cm³/mol. The molecule has 20 heavy (non-hydrogen) atoms. The molecule has 0 aliphatic carbocycles. The molecule has 0 aliphatic rings. The Morgan fingerprint density at radius 2 is 1.60 bits per heavy atom. The van der Waals surface area contributed by atoms with E-state index in [0.717, 1.165) is 19.4 Å². The lowest BCUT2D eigenvalue weighted by Crippen LogP contribution is -2.21. The highest BCUT2D eigenvalue weighted by Gasteiger charge is 2.04. The highest BCUT2D eigenvalue weighted by molar-refractivity contribution is 5.47. The van der Waals surface area contributed by atoms with Crippen molar-refractivity contribution in [1.29, 1.82) is 0 Å². The van der Waals surface area contributed by atoms with Crippen LogP contribution in [0.25, 0.3) is 0 Å². The molecule has 2 rings (SSSR count). The molecule has 106 valence electrons. The van der Waals surface area contributed by atoms with Crippen LogP contribution in [0.2, 0.25) is 0 Å². The van der Waals surface area contributed by atoms with Gasteiger partial charge in [0.15, 0.2) is 0 Å². The van der Waals surface area contributed by atoms with Crippen LogP contribution in [0.1, 0.15) is 24.5 Å². The topological polar surface area (TPSA) is 29.3 Å². The molecule has 0 saturated carbocycles. The number of nitrogens with zero attached hydrogens (tertiary/aromatic N) is 1. The van der Waals surface area contributed by atoms with Gasteiger partial charge >= 0.3 is 0 Å². The van der Waals surface area contributed by atoms with E-state index in [1.165, 1.54) is 16.8 Å². The van der Waals surface area contributed by atoms with E-state index in [4.69, 9.17) is 5.73 Å². The molecule has 0 amide bonds. The molecule has 2 aromatic rings. The number of nitrogens with two attached hydrogens (primary N) is 1. The van der Waals surface area contributed by atoms with E-state index in [1.54, 1.807) is 0 Å². The second kappa shape index (κ2) is 7.11. The second-order valence-corrected chi connectivity index (χ2v) is 5.38. The summed E-state index contributed by atoms with van der Waals surface area (Å²) in [5.41, 5.74) is 9.88. The van der Waals surface area contributed by atoms with Crippen molar-refractivity contribution in [3.63, 3.8) is 0 Å². The van der Waals surface area contributed by atoms with Crippen LogP contribution in [0.5, 0.6) is 0 Å². The zero-order valence-electron chi connectivity index (χ0n) is 12.4. The summed E-state index contributed by atoms with van der Waals surface area (Å²) < 4.78 is 0. The Balaban J connectivity index is 1.98. The standard InChI is InChI=1S/C18H24N2/c1-3-17(19)13-15-9-11-18(12-10-15)20(2)14-16-7-5-4-6-8-16/h4-12,17H,3,13-14,19H2,1-2H3. The zero-order valence-corrected chi connectivity index (χ0v) is 12.4. The van der Waals surface area contributed by atoms with Crippen molar-refractivity contribution in [3.05, 3.63) is 65.7 Å². The quantitative estimate of drug-likeness (QED) is 0.867. The molecule has 0 bridgehead atoms. The summed E-state index contributed by atoms with van der Waals surface area (Å²) in [6, 6.07) is 19.5. The summed E-state index contributed by atoms with van der Waals surface area (Å²) in [7, 11) is 2.12. The Kier molecular flexibility index (Phi) is 5.19. The Morgan fingerprint density at radius 1 is 0.950 bits per heavy atom. The Hall–Kier alpha value is -1.80. The van der Waals surface area contributed by atoms with Crippen molar-refractivity contribution < 1.29 is 0 Å². The van der Waals surface area contributed by atoms with Crippen LogP contribution in [0.15, 0.2) is 54.6 Å². The van der Waals surface area contributed by atoms with Crippen LogP contribution < -0.4 is 10.6 Å². The minimum atomic E-state index is 0.267. The largest absolute Gasteiger partial charge is 0.370 e. The van der Waals surface area contributed by atoms with Crippen molar-refractivity contribution >= 4 is 5.69 Å². The normalized spacial score (nSPS) is 12.2. The third kappa shape index (κ3) is 4.10. The van der Waals surface area contributed by atoms with Gasteiger partial charge in [0, 0.05) is 25.3 Å². The number of anilines is 1. The fraction of sp³-hybridized carbons (Fsp3) is 0.333. The molecule has 0 aromatic heterocycles. The zero-order chi connectivity index (χ0) is 14.4. The van der Waals surface area contributed by atoms with Crippen molar-refractivity contribution in [3.8, 4) is 0 Å². The first-order valence-electron chi connectivity index (χ1n) is 7.28.